The molecular formula is C32H39N2O5S3+. The zero-order chi connectivity index (χ0) is 29.5. The average Bonchev–Trinajstić information content (AvgIpc) is 3.54. The Morgan fingerprint density at radius 2 is 1.74 bits per heavy atom. The second-order valence-electron chi connectivity index (χ2n) is 10.6. The van der Waals surface area contributed by atoms with Crippen LogP contribution in [0.4, 0.5) is 10.5 Å². The number of amides is 2. The van der Waals surface area contributed by atoms with E-state index in [1.54, 1.807) is 11.8 Å². The van der Waals surface area contributed by atoms with Crippen molar-refractivity contribution in [3.8, 4) is 0 Å². The molecule has 0 saturated carbocycles. The lowest BCUT2D eigenvalue weighted by Crippen LogP contribution is -2.38. The summed E-state index contributed by atoms with van der Waals surface area (Å²) in [5, 5.41) is 8.10. The highest BCUT2D eigenvalue weighted by Crippen LogP contribution is 2.45. The lowest BCUT2D eigenvalue weighted by Gasteiger charge is -2.27. The van der Waals surface area contributed by atoms with Crippen LogP contribution in [-0.4, -0.2) is 78.3 Å². The first-order valence-electron chi connectivity index (χ1n) is 14.5. The number of rotatable bonds is 14. The number of carbonyl (C=O) groups excluding carboxylic acids is 3. The van der Waals surface area contributed by atoms with Gasteiger partial charge in [-0.05, 0) is 53.1 Å². The van der Waals surface area contributed by atoms with Gasteiger partial charge in [0.05, 0.1) is 36.9 Å². The average molecular weight is 628 g/mol. The number of unbranched alkanes of at least 4 members (excludes halogenated alkanes) is 1. The molecule has 0 aromatic heterocycles. The first-order chi connectivity index (χ1) is 20.5. The van der Waals surface area contributed by atoms with Gasteiger partial charge in [0.15, 0.2) is 0 Å². The van der Waals surface area contributed by atoms with Gasteiger partial charge in [-0.1, -0.05) is 55.0 Å². The van der Waals surface area contributed by atoms with Gasteiger partial charge >= 0.3 is 18.0 Å². The van der Waals surface area contributed by atoms with Crippen molar-refractivity contribution in [1.29, 1.82) is 0 Å². The number of anilines is 1. The molecule has 5 rings (SSSR count). The minimum atomic E-state index is -0.211. The number of carbonyl (C=O) groups is 3. The smallest absolute Gasteiger partial charge is 0.322 e. The van der Waals surface area contributed by atoms with Gasteiger partial charge in [-0.15, -0.1) is 11.8 Å². The van der Waals surface area contributed by atoms with Crippen LogP contribution in [0, 0.1) is 0 Å². The molecule has 42 heavy (non-hydrogen) atoms. The SMILES string of the molecule is COC(=O)CSCCc1c2ccccc2c(N2C(=O)NC3C(CCCCC(=O)OCC[SH+]C)SCC32)c2ccccc12. The van der Waals surface area contributed by atoms with E-state index < -0.39 is 0 Å². The molecule has 224 valence electrons. The van der Waals surface area contributed by atoms with Crippen molar-refractivity contribution >= 4 is 80.5 Å². The Morgan fingerprint density at radius 1 is 1.05 bits per heavy atom. The molecule has 2 saturated heterocycles. The van der Waals surface area contributed by atoms with Gasteiger partial charge in [-0.2, -0.15) is 11.8 Å². The van der Waals surface area contributed by atoms with Crippen LogP contribution in [0.15, 0.2) is 48.5 Å². The molecule has 3 aromatic rings. The highest BCUT2D eigenvalue weighted by molar-refractivity contribution is 8.00. The number of hydrogen-bond donors (Lipinski definition) is 1. The number of methoxy groups -OCH3 is 1. The van der Waals surface area contributed by atoms with Gasteiger partial charge in [-0.25, -0.2) is 4.79 Å². The van der Waals surface area contributed by atoms with Crippen LogP contribution in [0.3, 0.4) is 0 Å². The number of nitrogens with zero attached hydrogens (tertiary/aromatic N) is 1. The highest BCUT2D eigenvalue weighted by atomic mass is 32.2. The van der Waals surface area contributed by atoms with Gasteiger partial charge in [0.25, 0.3) is 0 Å². The Hall–Kier alpha value is -2.56. The number of urea groups is 1. The van der Waals surface area contributed by atoms with Crippen LogP contribution in [0.5, 0.6) is 0 Å². The highest BCUT2D eigenvalue weighted by Gasteiger charge is 2.49. The Balaban J connectivity index is 1.34. The fraction of sp³-hybridized carbons (Fsp3) is 0.469. The third-order valence-electron chi connectivity index (χ3n) is 8.03. The van der Waals surface area contributed by atoms with Gasteiger partial charge < -0.3 is 14.8 Å². The van der Waals surface area contributed by atoms with Gasteiger partial charge in [0, 0.05) is 28.2 Å². The lowest BCUT2D eigenvalue weighted by atomic mass is 9.92. The van der Waals surface area contributed by atoms with E-state index in [0.29, 0.717) is 24.0 Å². The molecule has 2 amide bonds. The molecule has 0 radical (unpaired) electrons. The molecular weight excluding hydrogens is 589 g/mol. The summed E-state index contributed by atoms with van der Waals surface area (Å²) in [5.41, 5.74) is 2.22. The first kappa shape index (κ1) is 30.9. The van der Waals surface area contributed by atoms with Crippen LogP contribution in [0.2, 0.25) is 0 Å². The molecule has 2 heterocycles. The molecule has 3 unspecified atom stereocenters. The second kappa shape index (κ2) is 14.8. The normalized spacial score (nSPS) is 19.7. The van der Waals surface area contributed by atoms with E-state index in [1.165, 1.54) is 24.4 Å². The van der Waals surface area contributed by atoms with E-state index >= 15 is 0 Å². The molecule has 2 aliphatic rings. The molecule has 7 nitrogen and oxygen atoms in total. The molecule has 1 N–H and O–H groups in total. The van der Waals surface area contributed by atoms with Crippen LogP contribution in [0.1, 0.15) is 31.2 Å². The number of fused-ring (bicyclic) bond motifs is 3. The monoisotopic (exact) mass is 627 g/mol. The number of aryl methyl sites for hydroxylation is 1. The maximum absolute atomic E-state index is 13.7. The van der Waals surface area contributed by atoms with Crippen LogP contribution < -0.4 is 10.2 Å². The van der Waals surface area contributed by atoms with E-state index in [1.807, 2.05) is 28.8 Å². The van der Waals surface area contributed by atoms with Crippen molar-refractivity contribution < 1.29 is 23.9 Å². The Bertz CT molecular complexity index is 1380. The Kier molecular flexibility index (Phi) is 10.8. The number of benzene rings is 3. The molecule has 10 heteroatoms. The zero-order valence-electron chi connectivity index (χ0n) is 24.2. The summed E-state index contributed by atoms with van der Waals surface area (Å²) in [4.78, 5) is 39.3. The molecule has 0 bridgehead atoms. The Labute approximate surface area is 260 Å². The molecule has 3 aromatic carbocycles. The van der Waals surface area contributed by atoms with Gasteiger partial charge in [0.2, 0.25) is 0 Å². The van der Waals surface area contributed by atoms with Crippen LogP contribution >= 0.6 is 23.5 Å². The maximum atomic E-state index is 13.7. The summed E-state index contributed by atoms with van der Waals surface area (Å²) >= 11 is 4.74. The quantitative estimate of drug-likeness (QED) is 0.0642. The predicted molar refractivity (Wildman–Crippen MR) is 178 cm³/mol. The first-order valence-corrected chi connectivity index (χ1v) is 18.3. The summed E-state index contributed by atoms with van der Waals surface area (Å²) in [5.74, 6) is 2.57. The summed E-state index contributed by atoms with van der Waals surface area (Å²) in [6, 6.07) is 16.9. The third-order valence-corrected chi connectivity index (χ3v) is 11.1. The van der Waals surface area contributed by atoms with E-state index in [2.05, 4.69) is 48.0 Å². The number of ether oxygens (including phenoxy) is 2. The van der Waals surface area contributed by atoms with E-state index in [9.17, 15) is 14.4 Å². The van der Waals surface area contributed by atoms with E-state index in [-0.39, 0.29) is 30.1 Å². The lowest BCUT2D eigenvalue weighted by molar-refractivity contribution is -0.143. The van der Waals surface area contributed by atoms with Crippen molar-refractivity contribution in [2.45, 2.75) is 49.4 Å². The third kappa shape index (κ3) is 6.81. The molecule has 0 spiro atoms. The van der Waals surface area contributed by atoms with Crippen molar-refractivity contribution in [3.63, 3.8) is 0 Å². The number of hydrogen-bond acceptors (Lipinski definition) is 7. The summed E-state index contributed by atoms with van der Waals surface area (Å²) in [6.45, 7) is 0.500. The number of thioether (sulfide) groups is 2. The minimum absolute atomic E-state index is 0.0363. The zero-order valence-corrected chi connectivity index (χ0v) is 26.7. The predicted octanol–water partition coefficient (Wildman–Crippen LogP) is 5.37. The van der Waals surface area contributed by atoms with Crippen molar-refractivity contribution in [2.75, 3.05) is 47.9 Å². The Morgan fingerprint density at radius 3 is 2.40 bits per heavy atom. The minimum Gasteiger partial charge on any atom is -0.468 e. The van der Waals surface area contributed by atoms with Gasteiger partial charge in [-0.3, -0.25) is 14.5 Å². The largest absolute Gasteiger partial charge is 0.468 e. The van der Waals surface area contributed by atoms with Crippen molar-refractivity contribution in [1.82, 2.24) is 5.32 Å². The second-order valence-corrected chi connectivity index (χ2v) is 14.0. The number of esters is 2. The van der Waals surface area contributed by atoms with E-state index in [0.717, 1.165) is 70.2 Å². The number of nitrogens with one attached hydrogen (secondary N) is 1. The molecule has 2 fully saturated rings. The summed E-state index contributed by atoms with van der Waals surface area (Å²) in [6.07, 6.45) is 6.03. The fourth-order valence-electron chi connectivity index (χ4n) is 6.05. The van der Waals surface area contributed by atoms with Crippen molar-refractivity contribution in [2.24, 2.45) is 0 Å². The van der Waals surface area contributed by atoms with Gasteiger partial charge in [0.1, 0.15) is 12.4 Å². The molecule has 3 atom stereocenters. The summed E-state index contributed by atoms with van der Waals surface area (Å²) in [7, 11) is 1.42. The maximum Gasteiger partial charge on any atom is 0.322 e. The van der Waals surface area contributed by atoms with Crippen molar-refractivity contribution in [3.05, 3.63) is 54.1 Å². The number of thiol groups is 1. The molecule has 0 aliphatic carbocycles. The van der Waals surface area contributed by atoms with Crippen LogP contribution in [0.25, 0.3) is 21.5 Å². The standard InChI is InChI=1S/C32H38N2O5S3/c1-38-29(36)20-41-17-15-23-21-9-3-5-11-24(21)31(25-12-6-4-10-22(23)25)34-26-19-42-27(30(26)33-32(34)37)13-7-8-14-28(35)39-16-18-40-2/h3-6,9-12,26-27,30H,7-8,13-20H2,1-2H3,(H,33,37)/p+1. The molecule has 2 aliphatic heterocycles. The van der Waals surface area contributed by atoms with E-state index in [4.69, 9.17) is 9.47 Å². The van der Waals surface area contributed by atoms with Crippen LogP contribution in [-0.2, 0) is 37.2 Å². The summed E-state index contributed by atoms with van der Waals surface area (Å²) < 4.78 is 10.1. The topological polar surface area (TPSA) is 84.9 Å². The fourth-order valence-corrected chi connectivity index (χ4v) is 8.69.